The number of esters is 1. The normalized spacial score (nSPS) is 13.9. The first kappa shape index (κ1) is 15.6. The maximum absolute atomic E-state index is 12.0. The lowest BCUT2D eigenvalue weighted by atomic mass is 10.1. The summed E-state index contributed by atoms with van der Waals surface area (Å²) >= 11 is 0. The Labute approximate surface area is 134 Å². The molecule has 0 amide bonds. The number of rotatable bonds is 3. The lowest BCUT2D eigenvalue weighted by Gasteiger charge is -2.19. The van der Waals surface area contributed by atoms with Crippen molar-refractivity contribution in [1.82, 2.24) is 0 Å². The van der Waals surface area contributed by atoms with Crippen molar-refractivity contribution in [3.63, 3.8) is 0 Å². The van der Waals surface area contributed by atoms with E-state index in [0.29, 0.717) is 11.3 Å². The van der Waals surface area contributed by atoms with E-state index in [1.165, 1.54) is 0 Å². The van der Waals surface area contributed by atoms with Crippen molar-refractivity contribution in [2.45, 2.75) is 45.6 Å². The Morgan fingerprint density at radius 2 is 1.96 bits per heavy atom. The van der Waals surface area contributed by atoms with Crippen LogP contribution in [0.4, 0.5) is 0 Å². The molecule has 0 atom stereocenters. The van der Waals surface area contributed by atoms with Gasteiger partial charge in [0.1, 0.15) is 16.9 Å². The molecule has 0 unspecified atom stereocenters. The molecule has 5 heteroatoms. The molecule has 5 nitrogen and oxygen atoms in total. The topological polar surface area (TPSA) is 65.7 Å². The largest absolute Gasteiger partial charge is 0.482 e. The summed E-state index contributed by atoms with van der Waals surface area (Å²) in [5.41, 5.74) is 1.55. The lowest BCUT2D eigenvalue weighted by Crippen LogP contribution is -2.27. The third-order valence-electron chi connectivity index (χ3n) is 3.72. The molecule has 1 heterocycles. The summed E-state index contributed by atoms with van der Waals surface area (Å²) in [6.45, 7) is 5.22. The fourth-order valence-corrected chi connectivity index (χ4v) is 2.87. The molecule has 2 aromatic rings. The molecule has 1 aromatic carbocycles. The van der Waals surface area contributed by atoms with Crippen LogP contribution in [0.1, 0.15) is 38.3 Å². The van der Waals surface area contributed by atoms with E-state index in [0.717, 1.165) is 35.8 Å². The summed E-state index contributed by atoms with van der Waals surface area (Å²) in [5, 5.41) is 0.946. The number of carbonyl (C=O) groups is 1. The van der Waals surface area contributed by atoms with Crippen molar-refractivity contribution in [2.75, 3.05) is 6.61 Å². The van der Waals surface area contributed by atoms with Crippen LogP contribution in [0, 0.1) is 0 Å². The van der Waals surface area contributed by atoms with Gasteiger partial charge in [0, 0.05) is 17.0 Å². The number of hydrogen-bond donors (Lipinski definition) is 0. The average Bonchev–Trinajstić information content (AvgIpc) is 2.93. The van der Waals surface area contributed by atoms with E-state index in [9.17, 15) is 9.59 Å². The minimum absolute atomic E-state index is 0.183. The zero-order chi connectivity index (χ0) is 16.6. The number of hydrogen-bond acceptors (Lipinski definition) is 5. The van der Waals surface area contributed by atoms with Crippen LogP contribution in [0.25, 0.3) is 11.0 Å². The van der Waals surface area contributed by atoms with Crippen molar-refractivity contribution in [3.8, 4) is 5.75 Å². The second kappa shape index (κ2) is 5.72. The fraction of sp³-hybridized carbons (Fsp3) is 0.444. The van der Waals surface area contributed by atoms with Gasteiger partial charge < -0.3 is 13.9 Å². The monoisotopic (exact) mass is 316 g/mol. The molecule has 0 saturated heterocycles. The Bertz CT molecular complexity index is 810. The zero-order valence-electron chi connectivity index (χ0n) is 13.6. The van der Waals surface area contributed by atoms with E-state index in [-0.39, 0.29) is 12.2 Å². The molecule has 0 aliphatic heterocycles. The van der Waals surface area contributed by atoms with Gasteiger partial charge in [-0.3, -0.25) is 0 Å². The molecule has 1 aliphatic rings. The van der Waals surface area contributed by atoms with E-state index in [4.69, 9.17) is 13.9 Å². The third-order valence-corrected chi connectivity index (χ3v) is 3.72. The minimum Gasteiger partial charge on any atom is -0.482 e. The quantitative estimate of drug-likeness (QED) is 0.643. The number of ether oxygens (including phenoxy) is 2. The Hall–Kier alpha value is -2.30. The summed E-state index contributed by atoms with van der Waals surface area (Å²) < 4.78 is 16.0. The molecule has 0 fully saturated rings. The van der Waals surface area contributed by atoms with Gasteiger partial charge in [0.2, 0.25) is 0 Å². The van der Waals surface area contributed by atoms with Crippen molar-refractivity contribution in [2.24, 2.45) is 0 Å². The second-order valence-corrected chi connectivity index (χ2v) is 6.73. The first-order valence-corrected chi connectivity index (χ1v) is 7.77. The number of benzene rings is 1. The molecular weight excluding hydrogens is 296 g/mol. The van der Waals surface area contributed by atoms with Crippen LogP contribution >= 0.6 is 0 Å². The molecule has 0 spiro atoms. The SMILES string of the molecule is CC(C)(C)OC(=O)COc1ccc2c3c(c(=O)oc2c1)CCC3. The first-order valence-electron chi connectivity index (χ1n) is 7.77. The average molecular weight is 316 g/mol. The van der Waals surface area contributed by atoms with Crippen molar-refractivity contribution in [1.29, 1.82) is 0 Å². The van der Waals surface area contributed by atoms with Crippen LogP contribution < -0.4 is 10.4 Å². The highest BCUT2D eigenvalue weighted by molar-refractivity contribution is 5.83. The Morgan fingerprint density at radius 1 is 1.22 bits per heavy atom. The molecule has 23 heavy (non-hydrogen) atoms. The van der Waals surface area contributed by atoms with Gasteiger partial charge in [-0.05, 0) is 57.7 Å². The van der Waals surface area contributed by atoms with Crippen molar-refractivity contribution in [3.05, 3.63) is 39.7 Å². The van der Waals surface area contributed by atoms with E-state index >= 15 is 0 Å². The van der Waals surface area contributed by atoms with Gasteiger partial charge >= 0.3 is 11.6 Å². The van der Waals surface area contributed by atoms with E-state index in [2.05, 4.69) is 0 Å². The Morgan fingerprint density at radius 3 is 2.70 bits per heavy atom. The van der Waals surface area contributed by atoms with Crippen LogP contribution in [0.3, 0.4) is 0 Å². The number of aryl methyl sites for hydroxylation is 1. The van der Waals surface area contributed by atoms with Gasteiger partial charge in [0.15, 0.2) is 6.61 Å². The third kappa shape index (κ3) is 3.38. The van der Waals surface area contributed by atoms with Gasteiger partial charge in [-0.1, -0.05) is 0 Å². The minimum atomic E-state index is -0.544. The molecule has 1 aliphatic carbocycles. The summed E-state index contributed by atoms with van der Waals surface area (Å²) in [4.78, 5) is 23.7. The predicted molar refractivity (Wildman–Crippen MR) is 85.8 cm³/mol. The van der Waals surface area contributed by atoms with E-state index in [1.807, 2.05) is 6.07 Å². The van der Waals surface area contributed by atoms with Crippen LogP contribution in [0.2, 0.25) is 0 Å². The lowest BCUT2D eigenvalue weighted by molar-refractivity contribution is -0.157. The maximum atomic E-state index is 12.0. The van der Waals surface area contributed by atoms with E-state index < -0.39 is 11.6 Å². The molecule has 0 bridgehead atoms. The molecule has 0 N–H and O–H groups in total. The van der Waals surface area contributed by atoms with Crippen molar-refractivity contribution >= 4 is 16.9 Å². The number of fused-ring (bicyclic) bond motifs is 3. The molecular formula is C18H20O5. The van der Waals surface area contributed by atoms with Crippen LogP contribution in [-0.4, -0.2) is 18.2 Å². The zero-order valence-corrected chi connectivity index (χ0v) is 13.6. The number of carbonyl (C=O) groups excluding carboxylic acids is 1. The summed E-state index contributed by atoms with van der Waals surface area (Å²) in [6, 6.07) is 5.32. The van der Waals surface area contributed by atoms with Gasteiger partial charge in [-0.2, -0.15) is 0 Å². The van der Waals surface area contributed by atoms with Gasteiger partial charge in [0.05, 0.1) is 0 Å². The standard InChI is InChI=1S/C18H20O5/c1-18(2,3)23-16(19)10-21-11-7-8-13-12-5-4-6-14(12)17(20)22-15(13)9-11/h7-9H,4-6,10H2,1-3H3. The summed E-state index contributed by atoms with van der Waals surface area (Å²) in [6.07, 6.45) is 2.66. The Balaban J connectivity index is 1.80. The highest BCUT2D eigenvalue weighted by Gasteiger charge is 2.20. The maximum Gasteiger partial charge on any atom is 0.344 e. The summed E-state index contributed by atoms with van der Waals surface area (Å²) in [5.74, 6) is 0.0393. The fourth-order valence-electron chi connectivity index (χ4n) is 2.87. The van der Waals surface area contributed by atoms with Gasteiger partial charge in [0.25, 0.3) is 0 Å². The second-order valence-electron chi connectivity index (χ2n) is 6.73. The smallest absolute Gasteiger partial charge is 0.344 e. The van der Waals surface area contributed by atoms with Gasteiger partial charge in [-0.25, -0.2) is 9.59 Å². The predicted octanol–water partition coefficient (Wildman–Crippen LogP) is 3.00. The highest BCUT2D eigenvalue weighted by Crippen LogP contribution is 2.29. The first-order chi connectivity index (χ1) is 10.8. The van der Waals surface area contributed by atoms with Crippen LogP contribution in [0.15, 0.2) is 27.4 Å². The molecule has 0 saturated carbocycles. The van der Waals surface area contributed by atoms with Crippen LogP contribution in [0.5, 0.6) is 5.75 Å². The molecule has 0 radical (unpaired) electrons. The molecule has 122 valence electrons. The van der Waals surface area contributed by atoms with Gasteiger partial charge in [-0.15, -0.1) is 0 Å². The van der Waals surface area contributed by atoms with Crippen LogP contribution in [-0.2, 0) is 22.4 Å². The summed E-state index contributed by atoms with van der Waals surface area (Å²) in [7, 11) is 0. The molecule has 1 aromatic heterocycles. The Kier molecular flexibility index (Phi) is 3.88. The van der Waals surface area contributed by atoms with Crippen molar-refractivity contribution < 1.29 is 18.7 Å². The molecule has 3 rings (SSSR count). The van der Waals surface area contributed by atoms with E-state index in [1.54, 1.807) is 32.9 Å². The highest BCUT2D eigenvalue weighted by atomic mass is 16.6.